The Bertz CT molecular complexity index is 853. The lowest BCUT2D eigenvalue weighted by molar-refractivity contribution is 0.116. The Balaban J connectivity index is 1.74. The number of anilines is 1. The first-order valence-corrected chi connectivity index (χ1v) is 10.1. The van der Waals surface area contributed by atoms with Gasteiger partial charge >= 0.3 is 6.03 Å². The fourth-order valence-electron chi connectivity index (χ4n) is 3.58. The number of rotatable bonds is 7. The molecule has 2 unspecified atom stereocenters. The zero-order valence-corrected chi connectivity index (χ0v) is 17.8. The quantitative estimate of drug-likeness (QED) is 0.694. The van der Waals surface area contributed by atoms with E-state index in [0.717, 1.165) is 13.1 Å². The van der Waals surface area contributed by atoms with Crippen LogP contribution in [0.2, 0.25) is 5.02 Å². The second-order valence-electron chi connectivity index (χ2n) is 7.14. The standard InChI is InChI=1S/C21H26ClFN4O3/c1-29-10-9-27-8-7-19(26-21(28)25-15-5-3-14(22)4-6-15)17(13-27)20-18(23)11-16(30-2)12-24-20/h3-6,11-12,17,19H,7-10,13H2,1-2H3,(H2,25,26,28). The molecule has 1 saturated heterocycles. The molecule has 9 heteroatoms. The summed E-state index contributed by atoms with van der Waals surface area (Å²) in [5.41, 5.74) is 0.939. The number of methoxy groups -OCH3 is 2. The summed E-state index contributed by atoms with van der Waals surface area (Å²) in [4.78, 5) is 19.0. The van der Waals surface area contributed by atoms with E-state index in [2.05, 4.69) is 20.5 Å². The third-order valence-corrected chi connectivity index (χ3v) is 5.41. The van der Waals surface area contributed by atoms with Gasteiger partial charge in [0.1, 0.15) is 11.6 Å². The third kappa shape index (κ3) is 5.81. The minimum atomic E-state index is -0.446. The molecular formula is C21H26ClFN4O3. The highest BCUT2D eigenvalue weighted by Crippen LogP contribution is 2.29. The molecule has 2 amide bonds. The first-order valence-electron chi connectivity index (χ1n) is 9.74. The minimum Gasteiger partial charge on any atom is -0.495 e. The number of amides is 2. The molecule has 1 aromatic heterocycles. The highest BCUT2D eigenvalue weighted by Gasteiger charge is 2.34. The zero-order chi connectivity index (χ0) is 21.5. The van der Waals surface area contributed by atoms with Crippen molar-refractivity contribution in [1.29, 1.82) is 0 Å². The Morgan fingerprint density at radius 3 is 2.77 bits per heavy atom. The lowest BCUT2D eigenvalue weighted by Gasteiger charge is -2.38. The van der Waals surface area contributed by atoms with Crippen LogP contribution in [0.15, 0.2) is 36.5 Å². The van der Waals surface area contributed by atoms with Crippen molar-refractivity contribution in [3.63, 3.8) is 0 Å². The number of carbonyl (C=O) groups is 1. The number of urea groups is 1. The molecule has 0 aliphatic carbocycles. The van der Waals surface area contributed by atoms with Gasteiger partial charge in [0.05, 0.1) is 25.6 Å². The summed E-state index contributed by atoms with van der Waals surface area (Å²) in [6.45, 7) is 2.64. The number of carbonyl (C=O) groups excluding carboxylic acids is 1. The van der Waals surface area contributed by atoms with Gasteiger partial charge in [0.25, 0.3) is 0 Å². The number of hydrogen-bond acceptors (Lipinski definition) is 5. The van der Waals surface area contributed by atoms with Crippen LogP contribution < -0.4 is 15.4 Å². The number of pyridine rings is 1. The predicted octanol–water partition coefficient (Wildman–Crippen LogP) is 3.51. The van der Waals surface area contributed by atoms with Crippen molar-refractivity contribution in [2.75, 3.05) is 45.8 Å². The fourth-order valence-corrected chi connectivity index (χ4v) is 3.70. The van der Waals surface area contributed by atoms with Crippen molar-refractivity contribution in [3.8, 4) is 5.75 Å². The third-order valence-electron chi connectivity index (χ3n) is 5.16. The number of benzene rings is 1. The Kier molecular flexibility index (Phi) is 7.84. The van der Waals surface area contributed by atoms with Crippen molar-refractivity contribution >= 4 is 23.3 Å². The molecule has 0 saturated carbocycles. The molecule has 2 N–H and O–H groups in total. The summed E-state index contributed by atoms with van der Waals surface area (Å²) in [5.74, 6) is -0.399. The summed E-state index contributed by atoms with van der Waals surface area (Å²) >= 11 is 5.88. The number of likely N-dealkylation sites (tertiary alicyclic amines) is 1. The molecule has 1 aliphatic heterocycles. The average molecular weight is 437 g/mol. The maximum atomic E-state index is 14.8. The molecule has 0 spiro atoms. The van der Waals surface area contributed by atoms with E-state index in [1.165, 1.54) is 19.4 Å². The number of nitrogens with zero attached hydrogens (tertiary/aromatic N) is 2. The van der Waals surface area contributed by atoms with Gasteiger partial charge in [-0.05, 0) is 30.7 Å². The smallest absolute Gasteiger partial charge is 0.319 e. The van der Waals surface area contributed by atoms with Crippen molar-refractivity contribution in [3.05, 3.63) is 53.1 Å². The summed E-state index contributed by atoms with van der Waals surface area (Å²) in [5, 5.41) is 6.36. The molecule has 0 bridgehead atoms. The molecule has 1 fully saturated rings. The van der Waals surface area contributed by atoms with E-state index < -0.39 is 5.82 Å². The van der Waals surface area contributed by atoms with Crippen LogP contribution in [0.4, 0.5) is 14.9 Å². The maximum absolute atomic E-state index is 14.8. The van der Waals surface area contributed by atoms with E-state index in [9.17, 15) is 9.18 Å². The number of hydrogen-bond donors (Lipinski definition) is 2. The Morgan fingerprint density at radius 1 is 1.33 bits per heavy atom. The van der Waals surface area contributed by atoms with Crippen molar-refractivity contribution in [2.24, 2.45) is 0 Å². The fraction of sp³-hybridized carbons (Fsp3) is 0.429. The Labute approximate surface area is 180 Å². The van der Waals surface area contributed by atoms with Gasteiger partial charge < -0.3 is 25.0 Å². The average Bonchev–Trinajstić information content (AvgIpc) is 2.74. The molecular weight excluding hydrogens is 411 g/mol. The molecule has 2 atom stereocenters. The number of ether oxygens (including phenoxy) is 2. The second kappa shape index (κ2) is 10.6. The zero-order valence-electron chi connectivity index (χ0n) is 17.0. The number of piperidine rings is 1. The van der Waals surface area contributed by atoms with Crippen LogP contribution in [-0.2, 0) is 4.74 Å². The van der Waals surface area contributed by atoms with E-state index in [-0.39, 0.29) is 18.0 Å². The van der Waals surface area contributed by atoms with Gasteiger partial charge in [0.2, 0.25) is 0 Å². The van der Waals surface area contributed by atoms with Crippen LogP contribution in [0.3, 0.4) is 0 Å². The first-order chi connectivity index (χ1) is 14.5. The van der Waals surface area contributed by atoms with E-state index in [4.69, 9.17) is 21.1 Å². The van der Waals surface area contributed by atoms with E-state index in [1.807, 2.05) is 0 Å². The Morgan fingerprint density at radius 2 is 2.10 bits per heavy atom. The van der Waals surface area contributed by atoms with E-state index in [1.54, 1.807) is 31.4 Å². The molecule has 30 heavy (non-hydrogen) atoms. The van der Waals surface area contributed by atoms with Crippen LogP contribution in [0, 0.1) is 5.82 Å². The second-order valence-corrected chi connectivity index (χ2v) is 7.58. The van der Waals surface area contributed by atoms with E-state index >= 15 is 0 Å². The molecule has 162 valence electrons. The summed E-state index contributed by atoms with van der Waals surface area (Å²) in [6.07, 6.45) is 2.16. The van der Waals surface area contributed by atoms with Crippen molar-refractivity contribution in [1.82, 2.24) is 15.2 Å². The normalized spacial score (nSPS) is 19.3. The highest BCUT2D eigenvalue weighted by atomic mass is 35.5. The topological polar surface area (TPSA) is 75.7 Å². The highest BCUT2D eigenvalue weighted by molar-refractivity contribution is 6.30. The van der Waals surface area contributed by atoms with Crippen LogP contribution in [0.5, 0.6) is 5.75 Å². The largest absolute Gasteiger partial charge is 0.495 e. The summed E-state index contributed by atoms with van der Waals surface area (Å²) in [6, 6.07) is 7.53. The summed E-state index contributed by atoms with van der Waals surface area (Å²) in [7, 11) is 3.12. The van der Waals surface area contributed by atoms with Gasteiger partial charge in [-0.2, -0.15) is 0 Å². The van der Waals surface area contributed by atoms with Gasteiger partial charge in [-0.25, -0.2) is 9.18 Å². The number of nitrogens with one attached hydrogen (secondary N) is 2. The molecule has 0 radical (unpaired) electrons. The number of halogens is 2. The van der Waals surface area contributed by atoms with E-state index in [0.29, 0.717) is 41.7 Å². The van der Waals surface area contributed by atoms with Crippen LogP contribution in [0.25, 0.3) is 0 Å². The molecule has 2 heterocycles. The summed E-state index contributed by atoms with van der Waals surface area (Å²) < 4.78 is 25.0. The van der Waals surface area contributed by atoms with Crippen LogP contribution in [-0.4, -0.2) is 62.4 Å². The van der Waals surface area contributed by atoms with Gasteiger partial charge in [-0.1, -0.05) is 11.6 Å². The predicted molar refractivity (Wildman–Crippen MR) is 114 cm³/mol. The van der Waals surface area contributed by atoms with Crippen molar-refractivity contribution in [2.45, 2.75) is 18.4 Å². The van der Waals surface area contributed by atoms with Gasteiger partial charge in [0.15, 0.2) is 0 Å². The van der Waals surface area contributed by atoms with Crippen LogP contribution in [0.1, 0.15) is 18.0 Å². The van der Waals surface area contributed by atoms with Gasteiger partial charge in [-0.3, -0.25) is 4.98 Å². The van der Waals surface area contributed by atoms with Gasteiger partial charge in [0, 0.05) is 55.5 Å². The lowest BCUT2D eigenvalue weighted by atomic mass is 9.88. The maximum Gasteiger partial charge on any atom is 0.319 e. The SMILES string of the molecule is COCCN1CCC(NC(=O)Nc2ccc(Cl)cc2)C(c2ncc(OC)cc2F)C1. The monoisotopic (exact) mass is 436 g/mol. The molecule has 2 aromatic rings. The van der Waals surface area contributed by atoms with Crippen molar-refractivity contribution < 1.29 is 18.7 Å². The molecule has 1 aromatic carbocycles. The molecule has 1 aliphatic rings. The first kappa shape index (κ1) is 22.3. The minimum absolute atomic E-state index is 0.272. The molecule has 7 nitrogen and oxygen atoms in total. The lowest BCUT2D eigenvalue weighted by Crippen LogP contribution is -2.51. The number of aromatic nitrogens is 1. The van der Waals surface area contributed by atoms with Crippen LogP contribution >= 0.6 is 11.6 Å². The molecule has 3 rings (SSSR count). The Hall–Kier alpha value is -2.42. The van der Waals surface area contributed by atoms with Gasteiger partial charge in [-0.15, -0.1) is 0 Å².